The minimum Gasteiger partial charge on any atom is -0.464 e. The van der Waals surface area contributed by atoms with Gasteiger partial charge >= 0.3 is 0 Å². The highest BCUT2D eigenvalue weighted by molar-refractivity contribution is 5.78. The van der Waals surface area contributed by atoms with Crippen LogP contribution in [0, 0.1) is 5.82 Å². The molecule has 2 nitrogen and oxygen atoms in total. The molecule has 3 heteroatoms. The fourth-order valence-corrected chi connectivity index (χ4v) is 2.24. The molecule has 1 unspecified atom stereocenters. The minimum atomic E-state index is -0.147. The Balaban J connectivity index is 2.11. The van der Waals surface area contributed by atoms with E-state index in [2.05, 4.69) is 5.32 Å². The highest BCUT2D eigenvalue weighted by atomic mass is 19.1. The Hall–Kier alpha value is -1.35. The first-order valence-electron chi connectivity index (χ1n) is 5.22. The number of hydrogen-bond donors (Lipinski definition) is 1. The van der Waals surface area contributed by atoms with Gasteiger partial charge in [-0.3, -0.25) is 0 Å². The summed E-state index contributed by atoms with van der Waals surface area (Å²) in [5.74, 6) is 0.162. The number of halogens is 1. The standard InChI is InChI=1S/C12H12FNO/c13-11-6-12-8(2-4-15-12)5-10(11)9-1-3-14-7-9/h2,4-6,9,14H,1,3,7H2. The molecular weight excluding hydrogens is 193 g/mol. The van der Waals surface area contributed by atoms with Crippen LogP contribution in [0.4, 0.5) is 4.39 Å². The molecule has 0 aliphatic carbocycles. The van der Waals surface area contributed by atoms with Gasteiger partial charge in [-0.1, -0.05) is 0 Å². The molecule has 1 aliphatic rings. The van der Waals surface area contributed by atoms with Crippen molar-refractivity contribution < 1.29 is 8.81 Å². The van der Waals surface area contributed by atoms with Gasteiger partial charge in [0.15, 0.2) is 0 Å². The molecule has 3 rings (SSSR count). The molecule has 1 aliphatic heterocycles. The van der Waals surface area contributed by atoms with Crippen LogP contribution < -0.4 is 5.32 Å². The second kappa shape index (κ2) is 3.35. The fourth-order valence-electron chi connectivity index (χ4n) is 2.24. The first-order valence-corrected chi connectivity index (χ1v) is 5.22. The lowest BCUT2D eigenvalue weighted by Crippen LogP contribution is -2.08. The molecule has 0 amide bonds. The highest BCUT2D eigenvalue weighted by Gasteiger charge is 2.20. The Morgan fingerprint density at radius 3 is 3.13 bits per heavy atom. The monoisotopic (exact) mass is 205 g/mol. The van der Waals surface area contributed by atoms with Crippen LogP contribution in [0.1, 0.15) is 17.9 Å². The molecule has 2 heterocycles. The van der Waals surface area contributed by atoms with E-state index in [1.54, 1.807) is 6.26 Å². The molecule has 0 radical (unpaired) electrons. The van der Waals surface area contributed by atoms with Crippen LogP contribution >= 0.6 is 0 Å². The lowest BCUT2D eigenvalue weighted by molar-refractivity contribution is 0.577. The second-order valence-electron chi connectivity index (χ2n) is 4.02. The SMILES string of the molecule is Fc1cc2occc2cc1C1CCNC1. The van der Waals surface area contributed by atoms with Crippen LogP contribution in [0.2, 0.25) is 0 Å². The van der Waals surface area contributed by atoms with Gasteiger partial charge in [-0.25, -0.2) is 4.39 Å². The summed E-state index contributed by atoms with van der Waals surface area (Å²) < 4.78 is 18.9. The average Bonchev–Trinajstić information content (AvgIpc) is 2.85. The van der Waals surface area contributed by atoms with Crippen LogP contribution in [-0.2, 0) is 0 Å². The molecule has 0 bridgehead atoms. The molecule has 78 valence electrons. The summed E-state index contributed by atoms with van der Waals surface area (Å²) in [6.07, 6.45) is 2.61. The lowest BCUT2D eigenvalue weighted by atomic mass is 9.97. The second-order valence-corrected chi connectivity index (χ2v) is 4.02. The van der Waals surface area contributed by atoms with Gasteiger partial charge in [0.2, 0.25) is 0 Å². The Labute approximate surface area is 87.1 Å². The third kappa shape index (κ3) is 1.43. The zero-order chi connectivity index (χ0) is 10.3. The first kappa shape index (κ1) is 8.92. The number of fused-ring (bicyclic) bond motifs is 1. The van der Waals surface area contributed by atoms with Crippen LogP contribution in [-0.4, -0.2) is 13.1 Å². The zero-order valence-electron chi connectivity index (χ0n) is 8.29. The van der Waals surface area contributed by atoms with Crippen molar-refractivity contribution in [3.05, 3.63) is 35.8 Å². The van der Waals surface area contributed by atoms with Gasteiger partial charge in [0, 0.05) is 23.9 Å². The summed E-state index contributed by atoms with van der Waals surface area (Å²) in [4.78, 5) is 0. The molecule has 15 heavy (non-hydrogen) atoms. The first-order chi connectivity index (χ1) is 7.34. The van der Waals surface area contributed by atoms with Crippen LogP contribution in [0.15, 0.2) is 28.9 Å². The number of benzene rings is 1. The highest BCUT2D eigenvalue weighted by Crippen LogP contribution is 2.29. The van der Waals surface area contributed by atoms with E-state index >= 15 is 0 Å². The summed E-state index contributed by atoms with van der Waals surface area (Å²) in [7, 11) is 0. The molecule has 2 aromatic rings. The predicted octanol–water partition coefficient (Wildman–Crippen LogP) is 2.65. The van der Waals surface area contributed by atoms with Crippen molar-refractivity contribution in [1.29, 1.82) is 0 Å². The summed E-state index contributed by atoms with van der Waals surface area (Å²) in [5, 5.41) is 4.23. The van der Waals surface area contributed by atoms with E-state index in [1.165, 1.54) is 6.07 Å². The van der Waals surface area contributed by atoms with E-state index in [9.17, 15) is 4.39 Å². The maximum atomic E-state index is 13.8. The van der Waals surface area contributed by atoms with Crippen LogP contribution in [0.25, 0.3) is 11.0 Å². The van der Waals surface area contributed by atoms with Crippen LogP contribution in [0.3, 0.4) is 0 Å². The number of nitrogens with one attached hydrogen (secondary N) is 1. The van der Waals surface area contributed by atoms with Crippen molar-refractivity contribution in [3.8, 4) is 0 Å². The molecule has 1 atom stereocenters. The van der Waals surface area contributed by atoms with Crippen molar-refractivity contribution >= 4 is 11.0 Å². The van der Waals surface area contributed by atoms with Crippen molar-refractivity contribution in [3.63, 3.8) is 0 Å². The molecule has 1 fully saturated rings. The molecular formula is C12H12FNO. The lowest BCUT2D eigenvalue weighted by Gasteiger charge is -2.09. The maximum absolute atomic E-state index is 13.8. The molecule has 1 N–H and O–H groups in total. The van der Waals surface area contributed by atoms with Crippen molar-refractivity contribution in [2.45, 2.75) is 12.3 Å². The van der Waals surface area contributed by atoms with Gasteiger partial charge in [0.1, 0.15) is 11.4 Å². The Morgan fingerprint density at radius 2 is 2.33 bits per heavy atom. The van der Waals surface area contributed by atoms with Gasteiger partial charge in [-0.2, -0.15) is 0 Å². The molecule has 1 aromatic carbocycles. The summed E-state index contributed by atoms with van der Waals surface area (Å²) >= 11 is 0. The van der Waals surface area contributed by atoms with Gasteiger partial charge in [-0.05, 0) is 30.7 Å². The third-order valence-electron chi connectivity index (χ3n) is 3.07. The molecule has 1 aromatic heterocycles. The maximum Gasteiger partial charge on any atom is 0.136 e. The van der Waals surface area contributed by atoms with E-state index in [0.29, 0.717) is 11.5 Å². The topological polar surface area (TPSA) is 25.2 Å². The van der Waals surface area contributed by atoms with Crippen LogP contribution in [0.5, 0.6) is 0 Å². The molecule has 0 saturated carbocycles. The van der Waals surface area contributed by atoms with Crippen molar-refractivity contribution in [2.24, 2.45) is 0 Å². The van der Waals surface area contributed by atoms with E-state index in [-0.39, 0.29) is 5.82 Å². The fraction of sp³-hybridized carbons (Fsp3) is 0.333. The number of rotatable bonds is 1. The Kier molecular flexibility index (Phi) is 1.99. The quantitative estimate of drug-likeness (QED) is 0.774. The summed E-state index contributed by atoms with van der Waals surface area (Å²) in [6.45, 7) is 1.85. The summed E-state index contributed by atoms with van der Waals surface area (Å²) in [5.41, 5.74) is 1.44. The van der Waals surface area contributed by atoms with Gasteiger partial charge in [-0.15, -0.1) is 0 Å². The average molecular weight is 205 g/mol. The third-order valence-corrected chi connectivity index (χ3v) is 3.07. The van der Waals surface area contributed by atoms with Crippen molar-refractivity contribution in [1.82, 2.24) is 5.32 Å². The van der Waals surface area contributed by atoms with E-state index in [4.69, 9.17) is 4.42 Å². The van der Waals surface area contributed by atoms with Crippen molar-refractivity contribution in [2.75, 3.05) is 13.1 Å². The summed E-state index contributed by atoms with van der Waals surface area (Å²) in [6, 6.07) is 5.27. The van der Waals surface area contributed by atoms with Gasteiger partial charge < -0.3 is 9.73 Å². The molecule has 1 saturated heterocycles. The van der Waals surface area contributed by atoms with E-state index in [1.807, 2.05) is 12.1 Å². The normalized spacial score (nSPS) is 21.3. The predicted molar refractivity (Wildman–Crippen MR) is 56.4 cm³/mol. The largest absolute Gasteiger partial charge is 0.464 e. The Morgan fingerprint density at radius 1 is 1.40 bits per heavy atom. The molecule has 0 spiro atoms. The smallest absolute Gasteiger partial charge is 0.136 e. The number of hydrogen-bond acceptors (Lipinski definition) is 2. The van der Waals surface area contributed by atoms with Gasteiger partial charge in [0.05, 0.1) is 6.26 Å². The zero-order valence-corrected chi connectivity index (χ0v) is 8.29. The number of furan rings is 1. The van der Waals surface area contributed by atoms with E-state index < -0.39 is 0 Å². The van der Waals surface area contributed by atoms with E-state index in [0.717, 1.165) is 30.5 Å². The van der Waals surface area contributed by atoms with Gasteiger partial charge in [0.25, 0.3) is 0 Å². The Bertz CT molecular complexity index is 485. The minimum absolute atomic E-state index is 0.147.